The van der Waals surface area contributed by atoms with Gasteiger partial charge in [0.2, 0.25) is 11.8 Å². The van der Waals surface area contributed by atoms with Gasteiger partial charge in [-0.1, -0.05) is 19.8 Å². The molecule has 0 aromatic carbocycles. The first-order valence-electron chi connectivity index (χ1n) is 6.02. The van der Waals surface area contributed by atoms with E-state index in [9.17, 15) is 9.59 Å². The second-order valence-corrected chi connectivity index (χ2v) is 4.65. The number of terminal acetylenes is 1. The maximum absolute atomic E-state index is 12.4. The first-order valence-corrected chi connectivity index (χ1v) is 6.02. The van der Waals surface area contributed by atoms with E-state index < -0.39 is 11.6 Å². The van der Waals surface area contributed by atoms with E-state index in [2.05, 4.69) is 11.2 Å². The minimum absolute atomic E-state index is 0.0862. The number of nitrogens with zero attached hydrogens (tertiary/aromatic N) is 1. The van der Waals surface area contributed by atoms with E-state index in [0.717, 1.165) is 0 Å². The number of amides is 2. The average molecular weight is 236 g/mol. The Morgan fingerprint density at radius 2 is 2.12 bits per heavy atom. The van der Waals surface area contributed by atoms with Crippen LogP contribution in [-0.4, -0.2) is 34.3 Å². The zero-order chi connectivity index (χ0) is 13.2. The molecule has 0 aliphatic carbocycles. The third kappa shape index (κ3) is 2.14. The standard InChI is InChI=1S/C13H20N2O2/c1-6-9(4)15-10(7-2)11(16)14-13(5,8-3)12(15)17/h1,9-10H,7-8H2,2-5H3,(H,14,16). The van der Waals surface area contributed by atoms with Crippen molar-refractivity contribution in [1.29, 1.82) is 0 Å². The predicted molar refractivity (Wildman–Crippen MR) is 66.1 cm³/mol. The molecule has 1 N–H and O–H groups in total. The highest BCUT2D eigenvalue weighted by Crippen LogP contribution is 2.24. The van der Waals surface area contributed by atoms with Gasteiger partial charge in [0, 0.05) is 0 Å². The molecule has 4 heteroatoms. The van der Waals surface area contributed by atoms with Crippen molar-refractivity contribution in [3.63, 3.8) is 0 Å². The van der Waals surface area contributed by atoms with E-state index in [-0.39, 0.29) is 17.9 Å². The Labute approximate surface area is 103 Å². The summed E-state index contributed by atoms with van der Waals surface area (Å²) >= 11 is 0. The molecule has 1 heterocycles. The van der Waals surface area contributed by atoms with Crippen LogP contribution in [0.1, 0.15) is 40.5 Å². The lowest BCUT2D eigenvalue weighted by Crippen LogP contribution is -2.70. The summed E-state index contributed by atoms with van der Waals surface area (Å²) in [5.74, 6) is 2.34. The van der Waals surface area contributed by atoms with Crippen LogP contribution in [-0.2, 0) is 9.59 Å². The molecule has 1 rings (SSSR count). The number of carbonyl (C=O) groups excluding carboxylic acids is 2. The first-order chi connectivity index (χ1) is 7.91. The topological polar surface area (TPSA) is 49.4 Å². The van der Waals surface area contributed by atoms with Crippen LogP contribution in [0.4, 0.5) is 0 Å². The number of hydrogen-bond acceptors (Lipinski definition) is 2. The highest BCUT2D eigenvalue weighted by molar-refractivity contribution is 5.99. The summed E-state index contributed by atoms with van der Waals surface area (Å²) < 4.78 is 0. The van der Waals surface area contributed by atoms with Gasteiger partial charge in [-0.15, -0.1) is 6.42 Å². The fourth-order valence-corrected chi connectivity index (χ4v) is 2.11. The Kier molecular flexibility index (Phi) is 3.82. The minimum atomic E-state index is -0.826. The molecular formula is C13H20N2O2. The second kappa shape index (κ2) is 4.79. The summed E-state index contributed by atoms with van der Waals surface area (Å²) in [5.41, 5.74) is -0.826. The Balaban J connectivity index is 3.15. The third-order valence-corrected chi connectivity index (χ3v) is 3.50. The zero-order valence-electron chi connectivity index (χ0n) is 10.9. The van der Waals surface area contributed by atoms with Crippen LogP contribution in [0.3, 0.4) is 0 Å². The summed E-state index contributed by atoms with van der Waals surface area (Å²) in [7, 11) is 0. The smallest absolute Gasteiger partial charge is 0.249 e. The molecule has 1 saturated heterocycles. The van der Waals surface area contributed by atoms with E-state index in [1.165, 1.54) is 0 Å². The SMILES string of the molecule is C#CC(C)N1C(=O)C(C)(CC)NC(=O)C1CC. The number of nitrogens with one attached hydrogen (secondary N) is 1. The fourth-order valence-electron chi connectivity index (χ4n) is 2.11. The molecule has 1 aliphatic heterocycles. The maximum atomic E-state index is 12.4. The molecule has 1 aliphatic rings. The van der Waals surface area contributed by atoms with Crippen molar-refractivity contribution in [2.75, 3.05) is 0 Å². The van der Waals surface area contributed by atoms with Crippen LogP contribution in [0.5, 0.6) is 0 Å². The molecule has 0 saturated carbocycles. The molecule has 94 valence electrons. The Morgan fingerprint density at radius 3 is 2.53 bits per heavy atom. The number of carbonyl (C=O) groups is 2. The summed E-state index contributed by atoms with van der Waals surface area (Å²) in [5, 5.41) is 2.80. The summed E-state index contributed by atoms with van der Waals surface area (Å²) in [6.45, 7) is 7.27. The highest BCUT2D eigenvalue weighted by Gasteiger charge is 2.47. The van der Waals surface area contributed by atoms with Crippen LogP contribution in [0.2, 0.25) is 0 Å². The van der Waals surface area contributed by atoms with Gasteiger partial charge in [-0.3, -0.25) is 9.59 Å². The predicted octanol–water partition coefficient (Wildman–Crippen LogP) is 0.914. The summed E-state index contributed by atoms with van der Waals surface area (Å²) in [6.07, 6.45) is 6.51. The van der Waals surface area contributed by atoms with Gasteiger partial charge in [0.1, 0.15) is 11.6 Å². The highest BCUT2D eigenvalue weighted by atomic mass is 16.2. The van der Waals surface area contributed by atoms with Gasteiger partial charge in [-0.05, 0) is 26.7 Å². The zero-order valence-corrected chi connectivity index (χ0v) is 10.9. The summed E-state index contributed by atoms with van der Waals surface area (Å²) in [4.78, 5) is 26.0. The van der Waals surface area contributed by atoms with E-state index in [0.29, 0.717) is 12.8 Å². The molecule has 3 unspecified atom stereocenters. The third-order valence-electron chi connectivity index (χ3n) is 3.50. The van der Waals surface area contributed by atoms with Gasteiger partial charge in [0.05, 0.1) is 6.04 Å². The van der Waals surface area contributed by atoms with Crippen LogP contribution >= 0.6 is 0 Å². The second-order valence-electron chi connectivity index (χ2n) is 4.65. The van der Waals surface area contributed by atoms with E-state index in [1.807, 2.05) is 13.8 Å². The molecule has 17 heavy (non-hydrogen) atoms. The van der Waals surface area contributed by atoms with E-state index in [4.69, 9.17) is 6.42 Å². The summed E-state index contributed by atoms with van der Waals surface area (Å²) in [6, 6.07) is -0.808. The van der Waals surface area contributed by atoms with E-state index in [1.54, 1.807) is 18.7 Å². The van der Waals surface area contributed by atoms with Crippen LogP contribution in [0.25, 0.3) is 0 Å². The van der Waals surface area contributed by atoms with Crippen molar-refractivity contribution >= 4 is 11.8 Å². The molecule has 4 nitrogen and oxygen atoms in total. The molecule has 3 atom stereocenters. The Bertz CT molecular complexity index is 372. The van der Waals surface area contributed by atoms with Crippen molar-refractivity contribution < 1.29 is 9.59 Å². The fraction of sp³-hybridized carbons (Fsp3) is 0.692. The quantitative estimate of drug-likeness (QED) is 0.741. The average Bonchev–Trinajstić information content (AvgIpc) is 2.32. The molecule has 2 amide bonds. The lowest BCUT2D eigenvalue weighted by atomic mass is 9.90. The lowest BCUT2D eigenvalue weighted by molar-refractivity contribution is -0.155. The van der Waals surface area contributed by atoms with Crippen molar-refractivity contribution in [3.8, 4) is 12.3 Å². The van der Waals surface area contributed by atoms with Gasteiger partial charge in [0.15, 0.2) is 0 Å². The maximum Gasteiger partial charge on any atom is 0.249 e. The lowest BCUT2D eigenvalue weighted by Gasteiger charge is -2.45. The molecule has 0 bridgehead atoms. The van der Waals surface area contributed by atoms with Crippen molar-refractivity contribution in [3.05, 3.63) is 0 Å². The molecule has 0 aromatic rings. The largest absolute Gasteiger partial charge is 0.340 e. The molecular weight excluding hydrogens is 216 g/mol. The monoisotopic (exact) mass is 236 g/mol. The normalized spacial score (nSPS) is 30.8. The number of piperazine rings is 1. The van der Waals surface area contributed by atoms with Crippen LogP contribution in [0, 0.1) is 12.3 Å². The van der Waals surface area contributed by atoms with Crippen molar-refractivity contribution in [1.82, 2.24) is 10.2 Å². The number of rotatable bonds is 3. The van der Waals surface area contributed by atoms with Gasteiger partial charge in [-0.25, -0.2) is 0 Å². The van der Waals surface area contributed by atoms with E-state index >= 15 is 0 Å². The minimum Gasteiger partial charge on any atom is -0.340 e. The van der Waals surface area contributed by atoms with Gasteiger partial charge in [-0.2, -0.15) is 0 Å². The van der Waals surface area contributed by atoms with Gasteiger partial charge in [0.25, 0.3) is 0 Å². The van der Waals surface area contributed by atoms with Crippen molar-refractivity contribution in [2.24, 2.45) is 0 Å². The van der Waals surface area contributed by atoms with Gasteiger partial charge >= 0.3 is 0 Å². The van der Waals surface area contributed by atoms with Crippen LogP contribution in [0.15, 0.2) is 0 Å². The Morgan fingerprint density at radius 1 is 1.53 bits per heavy atom. The first kappa shape index (κ1) is 13.6. The Hall–Kier alpha value is -1.50. The molecule has 1 fully saturated rings. The molecule has 0 spiro atoms. The van der Waals surface area contributed by atoms with Crippen molar-refractivity contribution in [2.45, 2.75) is 58.2 Å². The molecule has 0 aromatic heterocycles. The van der Waals surface area contributed by atoms with Gasteiger partial charge < -0.3 is 10.2 Å². The molecule has 0 radical (unpaired) electrons. The van der Waals surface area contributed by atoms with Crippen LogP contribution < -0.4 is 5.32 Å². The number of hydrogen-bond donors (Lipinski definition) is 1.